The van der Waals surface area contributed by atoms with Crippen LogP contribution >= 0.6 is 0 Å². The zero-order valence-corrected chi connectivity index (χ0v) is 26.7. The van der Waals surface area contributed by atoms with Crippen molar-refractivity contribution >= 4 is 12.1 Å². The summed E-state index contributed by atoms with van der Waals surface area (Å²) in [6.45, 7) is 12.0. The topological polar surface area (TPSA) is 73.9 Å². The molecule has 6 nitrogen and oxygen atoms in total. The van der Waals surface area contributed by atoms with Crippen molar-refractivity contribution in [1.82, 2.24) is 5.32 Å². The highest BCUT2D eigenvalue weighted by atomic mass is 19.4. The van der Waals surface area contributed by atoms with Gasteiger partial charge in [0.2, 0.25) is 0 Å². The van der Waals surface area contributed by atoms with Gasteiger partial charge < -0.3 is 19.5 Å². The van der Waals surface area contributed by atoms with E-state index in [1.807, 2.05) is 0 Å². The standard InChI is InChI=1S/C35H41F4NO5/c1-22(40-32(42)45-34(5,6)7)27-12-10-13-28(31(27)36)26-18-23(15-16-35(37,38)39)17-24(19-26)21-43-29-14-9-8-11-25(29)20-30(41)44-33(2,3)4/h8-14,17-19,22H,15-16,20-21H2,1-7H3,(H,40,42)/t22-/m1/s1. The lowest BCUT2D eigenvalue weighted by molar-refractivity contribution is -0.154. The lowest BCUT2D eigenvalue weighted by Gasteiger charge is -2.22. The van der Waals surface area contributed by atoms with Gasteiger partial charge in [0.15, 0.2) is 0 Å². The second-order valence-corrected chi connectivity index (χ2v) is 12.9. The van der Waals surface area contributed by atoms with Gasteiger partial charge in [-0.1, -0.05) is 48.5 Å². The Hall–Kier alpha value is -4.08. The Kier molecular flexibility index (Phi) is 11.3. The van der Waals surface area contributed by atoms with Crippen LogP contribution in [0.25, 0.3) is 11.1 Å². The Labute approximate surface area is 262 Å². The predicted molar refractivity (Wildman–Crippen MR) is 164 cm³/mol. The molecule has 0 fully saturated rings. The summed E-state index contributed by atoms with van der Waals surface area (Å²) in [5, 5.41) is 2.62. The Morgan fingerprint density at radius 1 is 0.844 bits per heavy atom. The van der Waals surface area contributed by atoms with Crippen LogP contribution in [0, 0.1) is 5.82 Å². The van der Waals surface area contributed by atoms with E-state index in [4.69, 9.17) is 14.2 Å². The number of hydrogen-bond acceptors (Lipinski definition) is 5. The molecule has 0 unspecified atom stereocenters. The van der Waals surface area contributed by atoms with Crippen LogP contribution in [-0.4, -0.2) is 29.4 Å². The smallest absolute Gasteiger partial charge is 0.408 e. The molecule has 0 aliphatic carbocycles. The first-order valence-corrected chi connectivity index (χ1v) is 14.7. The molecule has 1 N–H and O–H groups in total. The zero-order chi connectivity index (χ0) is 33.6. The number of esters is 1. The van der Waals surface area contributed by atoms with Crippen molar-refractivity contribution in [2.24, 2.45) is 0 Å². The van der Waals surface area contributed by atoms with Gasteiger partial charge in [-0.2, -0.15) is 13.2 Å². The summed E-state index contributed by atoms with van der Waals surface area (Å²) < 4.78 is 72.1. The molecule has 0 radical (unpaired) electrons. The van der Waals surface area contributed by atoms with Gasteiger partial charge in [-0.15, -0.1) is 0 Å². The summed E-state index contributed by atoms with van der Waals surface area (Å²) >= 11 is 0. The molecule has 1 atom stereocenters. The van der Waals surface area contributed by atoms with Crippen LogP contribution in [-0.2, 0) is 33.7 Å². The number of alkyl halides is 3. The van der Waals surface area contributed by atoms with E-state index in [9.17, 15) is 22.8 Å². The van der Waals surface area contributed by atoms with Gasteiger partial charge in [-0.3, -0.25) is 4.79 Å². The number of ether oxygens (including phenoxy) is 3. The lowest BCUT2D eigenvalue weighted by Crippen LogP contribution is -2.34. The monoisotopic (exact) mass is 631 g/mol. The summed E-state index contributed by atoms with van der Waals surface area (Å²) in [5.41, 5.74) is 0.770. The molecule has 3 aromatic rings. The van der Waals surface area contributed by atoms with Gasteiger partial charge in [0.1, 0.15) is 29.4 Å². The molecule has 0 saturated heterocycles. The maximum Gasteiger partial charge on any atom is 0.408 e. The third kappa shape index (κ3) is 11.7. The van der Waals surface area contributed by atoms with Gasteiger partial charge >= 0.3 is 18.2 Å². The van der Waals surface area contributed by atoms with Crippen molar-refractivity contribution in [1.29, 1.82) is 0 Å². The van der Waals surface area contributed by atoms with E-state index in [0.29, 0.717) is 28.0 Å². The minimum Gasteiger partial charge on any atom is -0.489 e. The van der Waals surface area contributed by atoms with Crippen molar-refractivity contribution in [3.05, 3.63) is 88.7 Å². The third-order valence-corrected chi connectivity index (χ3v) is 6.41. The van der Waals surface area contributed by atoms with Gasteiger partial charge in [-0.25, -0.2) is 9.18 Å². The molecule has 0 aliphatic rings. The molecular weight excluding hydrogens is 590 g/mol. The molecule has 0 spiro atoms. The molecule has 244 valence electrons. The summed E-state index contributed by atoms with van der Waals surface area (Å²) in [6, 6.07) is 15.6. The first kappa shape index (κ1) is 35.4. The average molecular weight is 632 g/mol. The fourth-order valence-corrected chi connectivity index (χ4v) is 4.59. The van der Waals surface area contributed by atoms with Crippen molar-refractivity contribution < 1.29 is 41.4 Å². The fourth-order valence-electron chi connectivity index (χ4n) is 4.59. The van der Waals surface area contributed by atoms with Crippen LogP contribution in [0.1, 0.15) is 83.2 Å². The van der Waals surface area contributed by atoms with Crippen LogP contribution in [0.3, 0.4) is 0 Å². The van der Waals surface area contributed by atoms with E-state index in [0.717, 1.165) is 0 Å². The first-order chi connectivity index (χ1) is 20.8. The van der Waals surface area contributed by atoms with E-state index < -0.39 is 47.7 Å². The Morgan fingerprint density at radius 3 is 2.13 bits per heavy atom. The van der Waals surface area contributed by atoms with E-state index >= 15 is 4.39 Å². The Morgan fingerprint density at radius 2 is 1.49 bits per heavy atom. The van der Waals surface area contributed by atoms with Crippen molar-refractivity contribution in [2.45, 2.75) is 97.8 Å². The average Bonchev–Trinajstić information content (AvgIpc) is 2.89. The van der Waals surface area contributed by atoms with Crippen LogP contribution < -0.4 is 10.1 Å². The maximum absolute atomic E-state index is 15.9. The Balaban J connectivity index is 1.92. The van der Waals surface area contributed by atoms with Gasteiger partial charge in [-0.05, 0) is 83.7 Å². The number of alkyl carbamates (subject to hydrolysis) is 1. The zero-order valence-electron chi connectivity index (χ0n) is 26.7. The SMILES string of the molecule is C[C@@H](NC(=O)OC(C)(C)C)c1cccc(-c2cc(CCC(F)(F)F)cc(COc3ccccc3CC(=O)OC(C)(C)C)c2)c1F. The number of carbonyl (C=O) groups is 2. The van der Waals surface area contributed by atoms with Gasteiger partial charge in [0, 0.05) is 23.1 Å². The molecule has 0 aliphatic heterocycles. The minimum atomic E-state index is -4.37. The number of aryl methyl sites for hydroxylation is 1. The van der Waals surface area contributed by atoms with Crippen LogP contribution in [0.4, 0.5) is 22.4 Å². The number of hydrogen-bond donors (Lipinski definition) is 1. The second-order valence-electron chi connectivity index (χ2n) is 12.9. The van der Waals surface area contributed by atoms with E-state index in [1.54, 1.807) is 90.9 Å². The normalized spacial score (nSPS) is 12.8. The number of carbonyl (C=O) groups excluding carboxylic acids is 2. The molecule has 0 aromatic heterocycles. The van der Waals surface area contributed by atoms with Crippen LogP contribution in [0.5, 0.6) is 5.75 Å². The van der Waals surface area contributed by atoms with Gasteiger partial charge in [0.25, 0.3) is 0 Å². The number of amides is 1. The Bertz CT molecular complexity index is 1490. The molecule has 3 rings (SSSR count). The maximum atomic E-state index is 15.9. The van der Waals surface area contributed by atoms with Gasteiger partial charge in [0.05, 0.1) is 12.5 Å². The lowest BCUT2D eigenvalue weighted by atomic mass is 9.95. The molecule has 0 heterocycles. The van der Waals surface area contributed by atoms with Crippen molar-refractivity contribution in [3.8, 4) is 16.9 Å². The number of rotatable bonds is 10. The number of para-hydroxylation sites is 1. The largest absolute Gasteiger partial charge is 0.489 e. The number of halogens is 4. The number of nitrogens with one attached hydrogen (secondary N) is 1. The summed E-state index contributed by atoms with van der Waals surface area (Å²) in [6.07, 6.45) is -6.47. The molecule has 1 amide bonds. The minimum absolute atomic E-state index is 0.0299. The van der Waals surface area contributed by atoms with Crippen LogP contribution in [0.15, 0.2) is 60.7 Å². The van der Waals surface area contributed by atoms with E-state index in [1.165, 1.54) is 18.2 Å². The molecule has 0 saturated carbocycles. The highest BCUT2D eigenvalue weighted by molar-refractivity contribution is 5.74. The predicted octanol–water partition coefficient (Wildman–Crippen LogP) is 9.04. The quantitative estimate of drug-likeness (QED) is 0.179. The first-order valence-electron chi connectivity index (χ1n) is 14.7. The van der Waals surface area contributed by atoms with Crippen LogP contribution in [0.2, 0.25) is 0 Å². The number of benzene rings is 3. The molecule has 45 heavy (non-hydrogen) atoms. The highest BCUT2D eigenvalue weighted by Crippen LogP contribution is 2.32. The fraction of sp³-hybridized carbons (Fsp3) is 0.429. The van der Waals surface area contributed by atoms with Crippen molar-refractivity contribution in [3.63, 3.8) is 0 Å². The molecule has 3 aromatic carbocycles. The third-order valence-electron chi connectivity index (χ3n) is 6.41. The summed E-state index contributed by atoms with van der Waals surface area (Å²) in [5.74, 6) is -0.634. The molecule has 0 bridgehead atoms. The van der Waals surface area contributed by atoms with E-state index in [-0.39, 0.29) is 30.6 Å². The summed E-state index contributed by atoms with van der Waals surface area (Å²) in [7, 11) is 0. The second kappa shape index (κ2) is 14.3. The highest BCUT2D eigenvalue weighted by Gasteiger charge is 2.27. The summed E-state index contributed by atoms with van der Waals surface area (Å²) in [4.78, 5) is 24.7. The van der Waals surface area contributed by atoms with Crippen molar-refractivity contribution in [2.75, 3.05) is 0 Å². The molecular formula is C35H41F4NO5. The molecule has 10 heteroatoms. The van der Waals surface area contributed by atoms with E-state index in [2.05, 4.69) is 5.32 Å².